The van der Waals surface area contributed by atoms with Gasteiger partial charge in [-0.25, -0.2) is 9.37 Å². The molecule has 28 heavy (non-hydrogen) atoms. The van der Waals surface area contributed by atoms with E-state index in [1.54, 1.807) is 12.3 Å². The number of rotatable bonds is 7. The lowest BCUT2D eigenvalue weighted by Crippen LogP contribution is -2.11. The SMILES string of the molecule is Fc1ccc(CNc2ccnc(NCCc3ccccc3)n2)cc1C(F)(F)F. The van der Waals surface area contributed by atoms with E-state index in [-0.39, 0.29) is 6.54 Å². The number of aromatic nitrogens is 2. The van der Waals surface area contributed by atoms with Gasteiger partial charge in [-0.05, 0) is 35.7 Å². The van der Waals surface area contributed by atoms with Crippen LogP contribution in [0.2, 0.25) is 0 Å². The van der Waals surface area contributed by atoms with Crippen LogP contribution < -0.4 is 10.6 Å². The lowest BCUT2D eigenvalue weighted by molar-refractivity contribution is -0.140. The monoisotopic (exact) mass is 390 g/mol. The average molecular weight is 390 g/mol. The first kappa shape index (κ1) is 19.6. The van der Waals surface area contributed by atoms with Crippen LogP contribution in [-0.2, 0) is 19.1 Å². The van der Waals surface area contributed by atoms with Crippen molar-refractivity contribution in [2.24, 2.45) is 0 Å². The van der Waals surface area contributed by atoms with Crippen LogP contribution in [0.3, 0.4) is 0 Å². The summed E-state index contributed by atoms with van der Waals surface area (Å²) in [7, 11) is 0. The molecule has 4 nitrogen and oxygen atoms in total. The quantitative estimate of drug-likeness (QED) is 0.564. The normalized spacial score (nSPS) is 11.3. The summed E-state index contributed by atoms with van der Waals surface area (Å²) >= 11 is 0. The molecule has 3 aromatic rings. The maximum absolute atomic E-state index is 13.4. The van der Waals surface area contributed by atoms with Crippen molar-refractivity contribution >= 4 is 11.8 Å². The topological polar surface area (TPSA) is 49.8 Å². The molecule has 1 aromatic heterocycles. The summed E-state index contributed by atoms with van der Waals surface area (Å²) < 4.78 is 51.7. The third-order valence-electron chi connectivity index (χ3n) is 4.00. The molecular formula is C20H18F4N4. The van der Waals surface area contributed by atoms with Gasteiger partial charge in [0.1, 0.15) is 11.6 Å². The van der Waals surface area contributed by atoms with Crippen molar-refractivity contribution in [3.63, 3.8) is 0 Å². The van der Waals surface area contributed by atoms with Crippen molar-refractivity contribution in [3.8, 4) is 0 Å². The molecule has 0 saturated heterocycles. The van der Waals surface area contributed by atoms with Gasteiger partial charge in [-0.15, -0.1) is 0 Å². The molecule has 3 rings (SSSR count). The van der Waals surface area contributed by atoms with Crippen LogP contribution in [0.15, 0.2) is 60.8 Å². The van der Waals surface area contributed by atoms with Crippen LogP contribution in [0.25, 0.3) is 0 Å². The van der Waals surface area contributed by atoms with Crippen LogP contribution in [0.1, 0.15) is 16.7 Å². The molecule has 0 aliphatic rings. The molecule has 2 aromatic carbocycles. The van der Waals surface area contributed by atoms with E-state index in [1.807, 2.05) is 30.3 Å². The Morgan fingerprint density at radius 3 is 2.43 bits per heavy atom. The molecule has 0 aliphatic heterocycles. The highest BCUT2D eigenvalue weighted by Crippen LogP contribution is 2.32. The molecule has 8 heteroatoms. The van der Waals surface area contributed by atoms with Crippen LogP contribution in [0, 0.1) is 5.82 Å². The number of hydrogen-bond acceptors (Lipinski definition) is 4. The maximum atomic E-state index is 13.4. The van der Waals surface area contributed by atoms with Crippen molar-refractivity contribution in [3.05, 3.63) is 83.3 Å². The summed E-state index contributed by atoms with van der Waals surface area (Å²) in [5, 5.41) is 6.03. The molecule has 0 atom stereocenters. The van der Waals surface area contributed by atoms with Gasteiger partial charge in [0.25, 0.3) is 0 Å². The first-order chi connectivity index (χ1) is 13.4. The second-order valence-electron chi connectivity index (χ2n) is 6.09. The molecule has 2 N–H and O–H groups in total. The number of halogens is 4. The highest BCUT2D eigenvalue weighted by Gasteiger charge is 2.34. The molecule has 0 amide bonds. The van der Waals surface area contributed by atoms with Gasteiger partial charge in [0.15, 0.2) is 0 Å². The number of hydrogen-bond donors (Lipinski definition) is 2. The fourth-order valence-corrected chi connectivity index (χ4v) is 2.60. The summed E-state index contributed by atoms with van der Waals surface area (Å²) in [5.74, 6) is -0.422. The van der Waals surface area contributed by atoms with Gasteiger partial charge in [-0.2, -0.15) is 18.2 Å². The summed E-state index contributed by atoms with van der Waals surface area (Å²) in [6, 6.07) is 14.5. The Morgan fingerprint density at radius 1 is 0.893 bits per heavy atom. The molecule has 0 aliphatic carbocycles. The molecule has 0 saturated carbocycles. The summed E-state index contributed by atoms with van der Waals surface area (Å²) in [4.78, 5) is 8.40. The lowest BCUT2D eigenvalue weighted by atomic mass is 10.1. The highest BCUT2D eigenvalue weighted by molar-refractivity contribution is 5.41. The Hall–Kier alpha value is -3.16. The zero-order valence-electron chi connectivity index (χ0n) is 14.8. The minimum Gasteiger partial charge on any atom is -0.366 e. The minimum atomic E-state index is -4.73. The van der Waals surface area contributed by atoms with Gasteiger partial charge in [0.05, 0.1) is 5.56 Å². The van der Waals surface area contributed by atoms with Crippen molar-refractivity contribution in [2.45, 2.75) is 19.1 Å². The molecule has 0 unspecified atom stereocenters. The molecule has 1 heterocycles. The molecule has 0 radical (unpaired) electrons. The fraction of sp³-hybridized carbons (Fsp3) is 0.200. The van der Waals surface area contributed by atoms with Crippen LogP contribution >= 0.6 is 0 Å². The highest BCUT2D eigenvalue weighted by atomic mass is 19.4. The van der Waals surface area contributed by atoms with E-state index in [1.165, 1.54) is 11.6 Å². The Balaban J connectivity index is 1.57. The molecule has 0 fully saturated rings. The summed E-state index contributed by atoms with van der Waals surface area (Å²) in [5.41, 5.74) is 0.199. The number of anilines is 2. The average Bonchev–Trinajstić information content (AvgIpc) is 2.68. The van der Waals surface area contributed by atoms with E-state index in [0.717, 1.165) is 18.6 Å². The maximum Gasteiger partial charge on any atom is 0.419 e. The largest absolute Gasteiger partial charge is 0.419 e. The predicted octanol–water partition coefficient (Wildman–Crippen LogP) is 4.90. The standard InChI is InChI=1S/C20H18F4N4/c21-17-7-6-15(12-16(17)20(22,23)24)13-27-18-9-11-26-19(28-18)25-10-8-14-4-2-1-3-5-14/h1-7,9,11-12H,8,10,13H2,(H2,25,26,27,28). The Labute approximate surface area is 159 Å². The molecule has 0 spiro atoms. The van der Waals surface area contributed by atoms with Crippen LogP contribution in [-0.4, -0.2) is 16.5 Å². The van der Waals surface area contributed by atoms with Crippen molar-refractivity contribution in [2.75, 3.05) is 17.2 Å². The van der Waals surface area contributed by atoms with Crippen molar-refractivity contribution < 1.29 is 17.6 Å². The van der Waals surface area contributed by atoms with E-state index in [4.69, 9.17) is 0 Å². The van der Waals surface area contributed by atoms with Gasteiger partial charge in [0.2, 0.25) is 5.95 Å². The van der Waals surface area contributed by atoms with Crippen molar-refractivity contribution in [1.82, 2.24) is 9.97 Å². The second-order valence-corrected chi connectivity index (χ2v) is 6.09. The van der Waals surface area contributed by atoms with Gasteiger partial charge < -0.3 is 10.6 Å². The van der Waals surface area contributed by atoms with E-state index >= 15 is 0 Å². The lowest BCUT2D eigenvalue weighted by Gasteiger charge is -2.11. The summed E-state index contributed by atoms with van der Waals surface area (Å²) in [6.07, 6.45) is -2.38. The first-order valence-corrected chi connectivity index (χ1v) is 8.62. The zero-order valence-corrected chi connectivity index (χ0v) is 14.8. The summed E-state index contributed by atoms with van der Waals surface area (Å²) in [6.45, 7) is 0.713. The number of nitrogens with one attached hydrogen (secondary N) is 2. The fourth-order valence-electron chi connectivity index (χ4n) is 2.60. The Morgan fingerprint density at radius 2 is 1.68 bits per heavy atom. The number of nitrogens with zero attached hydrogens (tertiary/aromatic N) is 2. The number of alkyl halides is 3. The first-order valence-electron chi connectivity index (χ1n) is 8.62. The minimum absolute atomic E-state index is 0.0732. The van der Waals surface area contributed by atoms with Gasteiger partial charge in [-0.3, -0.25) is 0 Å². The molecule has 146 valence electrons. The Bertz CT molecular complexity index is 914. The predicted molar refractivity (Wildman–Crippen MR) is 99.4 cm³/mol. The third kappa shape index (κ3) is 5.42. The van der Waals surface area contributed by atoms with E-state index in [2.05, 4.69) is 20.6 Å². The molecular weight excluding hydrogens is 372 g/mol. The Kier molecular flexibility index (Phi) is 6.08. The zero-order chi connectivity index (χ0) is 20.0. The molecule has 0 bridgehead atoms. The van der Waals surface area contributed by atoms with E-state index < -0.39 is 17.6 Å². The van der Waals surface area contributed by atoms with Gasteiger partial charge in [0, 0.05) is 19.3 Å². The van der Waals surface area contributed by atoms with Crippen LogP contribution in [0.4, 0.5) is 29.3 Å². The smallest absolute Gasteiger partial charge is 0.366 e. The van der Waals surface area contributed by atoms with E-state index in [0.29, 0.717) is 23.9 Å². The second kappa shape index (κ2) is 8.69. The van der Waals surface area contributed by atoms with Gasteiger partial charge in [-0.1, -0.05) is 36.4 Å². The number of benzene rings is 2. The third-order valence-corrected chi connectivity index (χ3v) is 4.00. The van der Waals surface area contributed by atoms with Crippen molar-refractivity contribution in [1.29, 1.82) is 0 Å². The van der Waals surface area contributed by atoms with E-state index in [9.17, 15) is 17.6 Å². The van der Waals surface area contributed by atoms with Crippen LogP contribution in [0.5, 0.6) is 0 Å². The van der Waals surface area contributed by atoms with Gasteiger partial charge >= 0.3 is 6.18 Å².